The SMILES string of the molecule is CC(C)c1nc(Cl)cc(-c2ccc(F)cc2Cl)n1. The monoisotopic (exact) mass is 284 g/mol. The summed E-state index contributed by atoms with van der Waals surface area (Å²) in [5.41, 5.74) is 1.24. The Labute approximate surface area is 115 Å². The Hall–Kier alpha value is -1.19. The third-order valence-electron chi connectivity index (χ3n) is 2.44. The average Bonchev–Trinajstić information content (AvgIpc) is 2.27. The van der Waals surface area contributed by atoms with Crippen LogP contribution in [0.3, 0.4) is 0 Å². The van der Waals surface area contributed by atoms with Gasteiger partial charge in [0.25, 0.3) is 0 Å². The van der Waals surface area contributed by atoms with E-state index < -0.39 is 0 Å². The van der Waals surface area contributed by atoms with E-state index in [1.165, 1.54) is 12.1 Å². The van der Waals surface area contributed by atoms with Crippen LogP contribution < -0.4 is 0 Å². The van der Waals surface area contributed by atoms with Gasteiger partial charge in [-0.2, -0.15) is 0 Å². The van der Waals surface area contributed by atoms with Gasteiger partial charge < -0.3 is 0 Å². The first-order valence-corrected chi connectivity index (χ1v) is 6.23. The molecule has 1 heterocycles. The van der Waals surface area contributed by atoms with Crippen LogP contribution in [0.1, 0.15) is 25.6 Å². The second-order valence-corrected chi connectivity index (χ2v) is 5.01. The van der Waals surface area contributed by atoms with E-state index in [1.54, 1.807) is 12.1 Å². The van der Waals surface area contributed by atoms with E-state index in [9.17, 15) is 4.39 Å². The molecule has 2 rings (SSSR count). The zero-order valence-electron chi connectivity index (χ0n) is 9.92. The van der Waals surface area contributed by atoms with Crippen molar-refractivity contribution < 1.29 is 4.39 Å². The average molecular weight is 285 g/mol. The van der Waals surface area contributed by atoms with Crippen LogP contribution >= 0.6 is 23.2 Å². The zero-order valence-corrected chi connectivity index (χ0v) is 11.4. The molecule has 1 aromatic carbocycles. The number of aromatic nitrogens is 2. The Morgan fingerprint density at radius 3 is 2.44 bits per heavy atom. The molecule has 0 saturated heterocycles. The standard InChI is InChI=1S/C13H11Cl2FN2/c1-7(2)13-17-11(6-12(15)18-13)9-4-3-8(16)5-10(9)14/h3-7H,1-2H3. The molecule has 0 unspecified atom stereocenters. The Morgan fingerprint density at radius 2 is 1.83 bits per heavy atom. The van der Waals surface area contributed by atoms with Gasteiger partial charge >= 0.3 is 0 Å². The Bertz CT molecular complexity index is 585. The van der Waals surface area contributed by atoms with Crippen molar-refractivity contribution in [1.29, 1.82) is 0 Å². The largest absolute Gasteiger partial charge is 0.232 e. The van der Waals surface area contributed by atoms with Gasteiger partial charge in [0, 0.05) is 17.5 Å². The van der Waals surface area contributed by atoms with Gasteiger partial charge in [0.05, 0.1) is 10.7 Å². The van der Waals surface area contributed by atoms with E-state index in [-0.39, 0.29) is 11.7 Å². The number of hydrogen-bond acceptors (Lipinski definition) is 2. The number of halogens is 3. The molecular weight excluding hydrogens is 274 g/mol. The molecule has 2 nitrogen and oxygen atoms in total. The van der Waals surface area contributed by atoms with Gasteiger partial charge in [-0.05, 0) is 18.2 Å². The van der Waals surface area contributed by atoms with Crippen LogP contribution in [0, 0.1) is 5.82 Å². The van der Waals surface area contributed by atoms with Gasteiger partial charge in [0.2, 0.25) is 0 Å². The number of nitrogens with zero attached hydrogens (tertiary/aromatic N) is 2. The first kappa shape index (κ1) is 13.2. The van der Waals surface area contributed by atoms with Crippen LogP contribution in [-0.4, -0.2) is 9.97 Å². The molecule has 0 bridgehead atoms. The molecule has 0 fully saturated rings. The van der Waals surface area contributed by atoms with Gasteiger partial charge in [0.1, 0.15) is 16.8 Å². The van der Waals surface area contributed by atoms with Crippen molar-refractivity contribution >= 4 is 23.2 Å². The van der Waals surface area contributed by atoms with Gasteiger partial charge in [-0.1, -0.05) is 37.0 Å². The van der Waals surface area contributed by atoms with Crippen molar-refractivity contribution in [3.05, 3.63) is 46.1 Å². The molecule has 94 valence electrons. The lowest BCUT2D eigenvalue weighted by Crippen LogP contribution is -1.99. The predicted molar refractivity (Wildman–Crippen MR) is 71.5 cm³/mol. The van der Waals surface area contributed by atoms with Crippen molar-refractivity contribution in [1.82, 2.24) is 9.97 Å². The fourth-order valence-corrected chi connectivity index (χ4v) is 1.98. The molecular formula is C13H11Cl2FN2. The molecule has 0 amide bonds. The maximum absolute atomic E-state index is 13.0. The molecule has 0 spiro atoms. The molecule has 2 aromatic rings. The lowest BCUT2D eigenvalue weighted by molar-refractivity contribution is 0.628. The van der Waals surface area contributed by atoms with Gasteiger partial charge in [-0.3, -0.25) is 0 Å². The summed E-state index contributed by atoms with van der Waals surface area (Å²) in [6.45, 7) is 3.95. The molecule has 0 atom stereocenters. The number of hydrogen-bond donors (Lipinski definition) is 0. The van der Waals surface area contributed by atoms with Gasteiger partial charge in [-0.25, -0.2) is 14.4 Å². The van der Waals surface area contributed by atoms with E-state index >= 15 is 0 Å². The lowest BCUT2D eigenvalue weighted by atomic mass is 10.1. The molecule has 0 aliphatic heterocycles. The highest BCUT2D eigenvalue weighted by Crippen LogP contribution is 2.29. The fourth-order valence-electron chi connectivity index (χ4n) is 1.53. The fraction of sp³-hybridized carbons (Fsp3) is 0.231. The topological polar surface area (TPSA) is 25.8 Å². The second-order valence-electron chi connectivity index (χ2n) is 4.21. The van der Waals surface area contributed by atoms with Crippen molar-refractivity contribution in [2.24, 2.45) is 0 Å². The maximum Gasteiger partial charge on any atom is 0.133 e. The highest BCUT2D eigenvalue weighted by Gasteiger charge is 2.11. The summed E-state index contributed by atoms with van der Waals surface area (Å²) in [7, 11) is 0. The first-order chi connectivity index (χ1) is 8.47. The summed E-state index contributed by atoms with van der Waals surface area (Å²) in [6.07, 6.45) is 0. The van der Waals surface area contributed by atoms with Crippen LogP contribution in [0.15, 0.2) is 24.3 Å². The molecule has 1 aromatic heterocycles. The smallest absolute Gasteiger partial charge is 0.133 e. The molecule has 0 aliphatic carbocycles. The van der Waals surface area contributed by atoms with E-state index in [1.807, 2.05) is 13.8 Å². The number of benzene rings is 1. The molecule has 0 aliphatic rings. The minimum absolute atomic E-state index is 0.154. The van der Waals surface area contributed by atoms with Crippen molar-refractivity contribution in [3.8, 4) is 11.3 Å². The van der Waals surface area contributed by atoms with Crippen LogP contribution in [0.25, 0.3) is 11.3 Å². The highest BCUT2D eigenvalue weighted by molar-refractivity contribution is 6.33. The third-order valence-corrected chi connectivity index (χ3v) is 2.94. The normalized spacial score (nSPS) is 11.0. The van der Waals surface area contributed by atoms with E-state index in [4.69, 9.17) is 23.2 Å². The van der Waals surface area contributed by atoms with E-state index in [0.717, 1.165) is 0 Å². The predicted octanol–water partition coefficient (Wildman–Crippen LogP) is 4.71. The molecule has 0 saturated carbocycles. The van der Waals surface area contributed by atoms with E-state index in [2.05, 4.69) is 9.97 Å². The van der Waals surface area contributed by atoms with Crippen molar-refractivity contribution in [2.75, 3.05) is 0 Å². The van der Waals surface area contributed by atoms with Crippen LogP contribution in [-0.2, 0) is 0 Å². The first-order valence-electron chi connectivity index (χ1n) is 5.47. The molecule has 5 heteroatoms. The lowest BCUT2D eigenvalue weighted by Gasteiger charge is -2.08. The van der Waals surface area contributed by atoms with Crippen LogP contribution in [0.2, 0.25) is 10.2 Å². The summed E-state index contributed by atoms with van der Waals surface area (Å²) >= 11 is 12.0. The molecule has 0 radical (unpaired) electrons. The Kier molecular flexibility index (Phi) is 3.83. The van der Waals surface area contributed by atoms with E-state index in [0.29, 0.717) is 27.3 Å². The van der Waals surface area contributed by atoms with Crippen molar-refractivity contribution in [2.45, 2.75) is 19.8 Å². The second kappa shape index (κ2) is 5.21. The third kappa shape index (κ3) is 2.79. The van der Waals surface area contributed by atoms with Crippen molar-refractivity contribution in [3.63, 3.8) is 0 Å². The summed E-state index contributed by atoms with van der Waals surface area (Å²) < 4.78 is 13.0. The minimum atomic E-state index is -0.381. The van der Waals surface area contributed by atoms with Crippen LogP contribution in [0.5, 0.6) is 0 Å². The number of rotatable bonds is 2. The molecule has 0 N–H and O–H groups in total. The Balaban J connectivity index is 2.56. The molecule has 18 heavy (non-hydrogen) atoms. The maximum atomic E-state index is 13.0. The van der Waals surface area contributed by atoms with Crippen LogP contribution in [0.4, 0.5) is 4.39 Å². The summed E-state index contributed by atoms with van der Waals surface area (Å²) in [5, 5.41) is 0.656. The zero-order chi connectivity index (χ0) is 13.3. The highest BCUT2D eigenvalue weighted by atomic mass is 35.5. The quantitative estimate of drug-likeness (QED) is 0.746. The minimum Gasteiger partial charge on any atom is -0.232 e. The summed E-state index contributed by atoms with van der Waals surface area (Å²) in [4.78, 5) is 8.53. The van der Waals surface area contributed by atoms with Gasteiger partial charge in [0.15, 0.2) is 0 Å². The summed E-state index contributed by atoms with van der Waals surface area (Å²) in [5.74, 6) is 0.410. The summed E-state index contributed by atoms with van der Waals surface area (Å²) in [6, 6.07) is 5.79. The Morgan fingerprint density at radius 1 is 1.11 bits per heavy atom. The van der Waals surface area contributed by atoms with Gasteiger partial charge in [-0.15, -0.1) is 0 Å².